The van der Waals surface area contributed by atoms with Gasteiger partial charge in [0, 0.05) is 23.8 Å². The van der Waals surface area contributed by atoms with Crippen molar-refractivity contribution in [1.82, 2.24) is 24.6 Å². The summed E-state index contributed by atoms with van der Waals surface area (Å²) in [5.41, 5.74) is 3.31. The molecule has 1 aliphatic heterocycles. The molecule has 1 unspecified atom stereocenters. The maximum Gasteiger partial charge on any atom is 0.236 e. The molecule has 1 aliphatic rings. The van der Waals surface area contributed by atoms with Crippen molar-refractivity contribution in [3.05, 3.63) is 40.0 Å². The zero-order valence-electron chi connectivity index (χ0n) is 17.3. The third kappa shape index (κ3) is 3.74. The number of likely N-dealkylation sites (tertiary alicyclic amines) is 1. The molecule has 30 heavy (non-hydrogen) atoms. The van der Waals surface area contributed by atoms with Crippen molar-refractivity contribution in [1.29, 1.82) is 5.41 Å². The lowest BCUT2D eigenvalue weighted by Crippen LogP contribution is -2.36. The summed E-state index contributed by atoms with van der Waals surface area (Å²) in [6.07, 6.45) is 2.80. The summed E-state index contributed by atoms with van der Waals surface area (Å²) in [5, 5.41) is 17.7. The van der Waals surface area contributed by atoms with Gasteiger partial charge in [-0.25, -0.2) is 4.98 Å². The van der Waals surface area contributed by atoms with Gasteiger partial charge in [-0.2, -0.15) is 5.10 Å². The molecule has 158 valence electrons. The lowest BCUT2D eigenvalue weighted by Gasteiger charge is -2.23. The van der Waals surface area contributed by atoms with E-state index in [9.17, 15) is 4.79 Å². The van der Waals surface area contributed by atoms with Gasteiger partial charge in [0.15, 0.2) is 10.8 Å². The number of halogens is 1. The van der Waals surface area contributed by atoms with Crippen LogP contribution in [0.15, 0.2) is 23.4 Å². The van der Waals surface area contributed by atoms with Crippen molar-refractivity contribution in [2.75, 3.05) is 13.1 Å². The maximum absolute atomic E-state index is 13.1. The van der Waals surface area contributed by atoms with Crippen LogP contribution in [0.1, 0.15) is 37.4 Å². The van der Waals surface area contributed by atoms with Gasteiger partial charge < -0.3 is 4.90 Å². The SMILES string of the molecule is CCC(Sc1nc2n[nH]c(C)c2c(=N)n1-c1cc(Cl)ccc1C)C(=O)N1CCCC1. The average molecular weight is 445 g/mol. The number of hydrogen-bond acceptors (Lipinski definition) is 5. The summed E-state index contributed by atoms with van der Waals surface area (Å²) in [7, 11) is 0. The van der Waals surface area contributed by atoms with Crippen LogP contribution in [-0.2, 0) is 4.79 Å². The van der Waals surface area contributed by atoms with E-state index in [4.69, 9.17) is 22.0 Å². The second kappa shape index (κ2) is 8.43. The highest BCUT2D eigenvalue weighted by molar-refractivity contribution is 8.00. The number of aromatic nitrogens is 4. The van der Waals surface area contributed by atoms with Crippen LogP contribution in [0.25, 0.3) is 16.7 Å². The maximum atomic E-state index is 13.1. The Bertz CT molecular complexity index is 1160. The topological polar surface area (TPSA) is 90.7 Å². The Hall–Kier alpha value is -2.32. The molecule has 3 heterocycles. The van der Waals surface area contributed by atoms with Crippen molar-refractivity contribution in [3.8, 4) is 5.69 Å². The van der Waals surface area contributed by atoms with Crippen molar-refractivity contribution in [2.24, 2.45) is 0 Å². The zero-order chi connectivity index (χ0) is 21.4. The zero-order valence-corrected chi connectivity index (χ0v) is 18.9. The van der Waals surface area contributed by atoms with Crippen LogP contribution in [-0.4, -0.2) is 48.9 Å². The van der Waals surface area contributed by atoms with Gasteiger partial charge in [0.2, 0.25) is 5.91 Å². The minimum atomic E-state index is -0.266. The molecule has 0 bridgehead atoms. The Labute approximate surface area is 184 Å². The fraction of sp³-hybridized carbons (Fsp3) is 0.429. The third-order valence-electron chi connectivity index (χ3n) is 5.51. The van der Waals surface area contributed by atoms with Gasteiger partial charge in [0.25, 0.3) is 0 Å². The van der Waals surface area contributed by atoms with Crippen LogP contribution in [0.5, 0.6) is 0 Å². The first-order valence-electron chi connectivity index (χ1n) is 10.1. The number of carbonyl (C=O) groups excluding carboxylic acids is 1. The van der Waals surface area contributed by atoms with Gasteiger partial charge in [-0.15, -0.1) is 0 Å². The Morgan fingerprint density at radius 3 is 2.77 bits per heavy atom. The molecule has 2 aromatic heterocycles. The number of benzene rings is 1. The van der Waals surface area contributed by atoms with Crippen LogP contribution in [0.3, 0.4) is 0 Å². The van der Waals surface area contributed by atoms with E-state index < -0.39 is 0 Å². The largest absolute Gasteiger partial charge is 0.342 e. The van der Waals surface area contributed by atoms with Gasteiger partial charge in [0.05, 0.1) is 16.3 Å². The molecule has 0 saturated carbocycles. The quantitative estimate of drug-likeness (QED) is 0.459. The fourth-order valence-electron chi connectivity index (χ4n) is 3.83. The van der Waals surface area contributed by atoms with Crippen LogP contribution >= 0.6 is 23.4 Å². The van der Waals surface area contributed by atoms with Crippen molar-refractivity contribution in [3.63, 3.8) is 0 Å². The molecular weight excluding hydrogens is 420 g/mol. The molecule has 3 aromatic rings. The summed E-state index contributed by atoms with van der Waals surface area (Å²) in [5.74, 6) is 0.140. The first kappa shape index (κ1) is 20.9. The first-order chi connectivity index (χ1) is 14.4. The van der Waals surface area contributed by atoms with Crippen LogP contribution in [0, 0.1) is 19.3 Å². The number of aryl methyl sites for hydroxylation is 2. The lowest BCUT2D eigenvalue weighted by atomic mass is 10.2. The minimum Gasteiger partial charge on any atom is -0.342 e. The highest BCUT2D eigenvalue weighted by Crippen LogP contribution is 2.30. The number of carbonyl (C=O) groups is 1. The van der Waals surface area contributed by atoms with Gasteiger partial charge in [-0.3, -0.25) is 19.9 Å². The molecule has 1 atom stereocenters. The van der Waals surface area contributed by atoms with E-state index in [1.807, 2.05) is 43.9 Å². The Kier molecular flexibility index (Phi) is 5.88. The smallest absolute Gasteiger partial charge is 0.236 e. The van der Waals surface area contributed by atoms with Crippen molar-refractivity contribution >= 4 is 40.3 Å². The van der Waals surface area contributed by atoms with E-state index in [1.165, 1.54) is 11.8 Å². The number of amides is 1. The monoisotopic (exact) mass is 444 g/mol. The number of H-pyrrole nitrogens is 1. The highest BCUT2D eigenvalue weighted by atomic mass is 35.5. The van der Waals surface area contributed by atoms with Crippen LogP contribution in [0.4, 0.5) is 0 Å². The van der Waals surface area contributed by atoms with E-state index in [0.29, 0.717) is 27.6 Å². The van der Waals surface area contributed by atoms with E-state index >= 15 is 0 Å². The molecule has 0 spiro atoms. The van der Waals surface area contributed by atoms with Crippen molar-refractivity contribution in [2.45, 2.75) is 50.4 Å². The molecule has 2 N–H and O–H groups in total. The second-order valence-corrected chi connectivity index (χ2v) is 9.21. The van der Waals surface area contributed by atoms with Crippen molar-refractivity contribution < 1.29 is 4.79 Å². The average Bonchev–Trinajstić information content (AvgIpc) is 3.38. The highest BCUT2D eigenvalue weighted by Gasteiger charge is 2.28. The van der Waals surface area contributed by atoms with Gasteiger partial charge in [-0.05, 0) is 50.8 Å². The van der Waals surface area contributed by atoms with Gasteiger partial charge in [-0.1, -0.05) is 36.4 Å². The van der Waals surface area contributed by atoms with E-state index in [1.54, 1.807) is 4.57 Å². The molecule has 1 fully saturated rings. The number of nitrogens with one attached hydrogen (secondary N) is 2. The number of thioether (sulfide) groups is 1. The Balaban J connectivity index is 1.87. The molecule has 0 aliphatic carbocycles. The molecule has 1 saturated heterocycles. The molecular formula is C21H25ClN6OS. The standard InChI is InChI=1S/C21H25ClN6OS/c1-4-16(20(29)27-9-5-6-10-27)30-21-24-19-17(13(3)25-26-19)18(23)28(21)15-11-14(22)8-7-12(15)2/h7-8,11,16,23H,4-6,9-10H2,1-3H3,(H,25,26). The normalized spacial score (nSPS) is 15.1. The third-order valence-corrected chi connectivity index (χ3v) is 7.04. The molecule has 0 radical (unpaired) electrons. The summed E-state index contributed by atoms with van der Waals surface area (Å²) >= 11 is 7.69. The van der Waals surface area contributed by atoms with Gasteiger partial charge >= 0.3 is 0 Å². The number of rotatable bonds is 5. The van der Waals surface area contributed by atoms with E-state index in [2.05, 4.69) is 10.2 Å². The number of aromatic amines is 1. The van der Waals surface area contributed by atoms with Crippen LogP contribution < -0.4 is 5.49 Å². The Morgan fingerprint density at radius 1 is 1.33 bits per heavy atom. The molecule has 4 rings (SSSR count). The fourth-order valence-corrected chi connectivity index (χ4v) is 5.10. The minimum absolute atomic E-state index is 0.140. The number of hydrogen-bond donors (Lipinski definition) is 2. The number of fused-ring (bicyclic) bond motifs is 1. The summed E-state index contributed by atoms with van der Waals surface area (Å²) < 4.78 is 1.79. The lowest BCUT2D eigenvalue weighted by molar-refractivity contribution is -0.129. The first-order valence-corrected chi connectivity index (χ1v) is 11.4. The summed E-state index contributed by atoms with van der Waals surface area (Å²) in [6.45, 7) is 7.50. The van der Waals surface area contributed by atoms with E-state index in [-0.39, 0.29) is 16.6 Å². The molecule has 1 aromatic carbocycles. The predicted molar refractivity (Wildman–Crippen MR) is 119 cm³/mol. The summed E-state index contributed by atoms with van der Waals surface area (Å²) in [4.78, 5) is 19.8. The molecule has 9 heteroatoms. The van der Waals surface area contributed by atoms with E-state index in [0.717, 1.165) is 42.9 Å². The second-order valence-electron chi connectivity index (χ2n) is 7.60. The van der Waals surface area contributed by atoms with Crippen LogP contribution in [0.2, 0.25) is 5.02 Å². The summed E-state index contributed by atoms with van der Waals surface area (Å²) in [6, 6.07) is 5.60. The predicted octanol–water partition coefficient (Wildman–Crippen LogP) is 3.99. The molecule has 1 amide bonds. The Morgan fingerprint density at radius 2 is 2.07 bits per heavy atom. The number of nitrogens with zero attached hydrogens (tertiary/aromatic N) is 4. The molecule has 7 nitrogen and oxygen atoms in total. The van der Waals surface area contributed by atoms with Gasteiger partial charge in [0.1, 0.15) is 5.49 Å².